The predicted molar refractivity (Wildman–Crippen MR) is 149 cm³/mol. The molecule has 1 N–H and O–H groups in total. The Bertz CT molecular complexity index is 1280. The van der Waals surface area contributed by atoms with E-state index in [4.69, 9.17) is 34.8 Å². The first-order chi connectivity index (χ1) is 17.9. The van der Waals surface area contributed by atoms with Crippen LogP contribution in [-0.4, -0.2) is 71.8 Å². The second-order valence-electron chi connectivity index (χ2n) is 9.35. The van der Waals surface area contributed by atoms with Gasteiger partial charge in [0, 0.05) is 71.6 Å². The molecule has 0 saturated carbocycles. The van der Waals surface area contributed by atoms with Gasteiger partial charge in [-0.2, -0.15) is 0 Å². The number of halogens is 3. The zero-order chi connectivity index (χ0) is 25.9. The van der Waals surface area contributed by atoms with E-state index in [0.717, 1.165) is 25.2 Å². The van der Waals surface area contributed by atoms with Crippen LogP contribution in [0.2, 0.25) is 15.1 Å². The largest absolute Gasteiger partial charge is 0.355 e. The monoisotopic (exact) mass is 556 g/mol. The Morgan fingerprint density at radius 3 is 2.00 bits per heavy atom. The smallest absolute Gasteiger partial charge is 0.256 e. The third-order valence-electron chi connectivity index (χ3n) is 6.99. The third-order valence-corrected chi connectivity index (χ3v) is 7.73. The Balaban J connectivity index is 1.20. The number of anilines is 2. The van der Waals surface area contributed by atoms with Gasteiger partial charge in [0.15, 0.2) is 0 Å². The highest BCUT2D eigenvalue weighted by Gasteiger charge is 2.34. The van der Waals surface area contributed by atoms with Gasteiger partial charge in [0.1, 0.15) is 0 Å². The van der Waals surface area contributed by atoms with E-state index in [9.17, 15) is 9.59 Å². The van der Waals surface area contributed by atoms with Crippen LogP contribution in [0.1, 0.15) is 27.1 Å². The Morgan fingerprint density at radius 2 is 1.32 bits per heavy atom. The van der Waals surface area contributed by atoms with Crippen LogP contribution in [-0.2, 0) is 0 Å². The van der Waals surface area contributed by atoms with Gasteiger partial charge in [-0.05, 0) is 73.2 Å². The normalized spacial score (nSPS) is 18.2. The van der Waals surface area contributed by atoms with Crippen LogP contribution >= 0.6 is 34.8 Å². The van der Waals surface area contributed by atoms with Crippen molar-refractivity contribution in [3.63, 3.8) is 0 Å². The number of benzene rings is 3. The molecule has 3 aromatic carbocycles. The molecule has 2 aliphatic rings. The predicted octanol–water partition coefficient (Wildman–Crippen LogP) is 6.06. The molecule has 5 rings (SSSR count). The summed E-state index contributed by atoms with van der Waals surface area (Å²) in [6.07, 6.45) is 0.907. The average Bonchev–Trinajstić information content (AvgIpc) is 3.40. The fourth-order valence-corrected chi connectivity index (χ4v) is 5.38. The molecule has 1 atom stereocenters. The SMILES string of the molecule is O=C(c1ccc(Cl)cc1)N1CCN(C2CCN(C(=O)c3ccc(Cl)cc3Nc3ccc(Cl)cc3)C2)CC1. The van der Waals surface area contributed by atoms with Gasteiger partial charge in [-0.3, -0.25) is 14.5 Å². The zero-order valence-electron chi connectivity index (χ0n) is 20.2. The third kappa shape index (κ3) is 6.04. The molecule has 37 heavy (non-hydrogen) atoms. The van der Waals surface area contributed by atoms with Crippen molar-refractivity contribution < 1.29 is 9.59 Å². The van der Waals surface area contributed by atoms with E-state index in [1.807, 2.05) is 21.9 Å². The van der Waals surface area contributed by atoms with E-state index in [2.05, 4.69) is 10.2 Å². The summed E-state index contributed by atoms with van der Waals surface area (Å²) in [6, 6.07) is 19.9. The number of carbonyl (C=O) groups is 2. The number of likely N-dealkylation sites (tertiary alicyclic amines) is 1. The zero-order valence-corrected chi connectivity index (χ0v) is 22.4. The van der Waals surface area contributed by atoms with Crippen molar-refractivity contribution in [1.29, 1.82) is 0 Å². The van der Waals surface area contributed by atoms with Gasteiger partial charge in [0.05, 0.1) is 11.3 Å². The number of piperazine rings is 1. The van der Waals surface area contributed by atoms with Crippen LogP contribution in [0.15, 0.2) is 66.7 Å². The van der Waals surface area contributed by atoms with E-state index >= 15 is 0 Å². The fourth-order valence-electron chi connectivity index (χ4n) is 4.95. The summed E-state index contributed by atoms with van der Waals surface area (Å²) in [5.41, 5.74) is 2.73. The molecular formula is C28H27Cl3N4O2. The molecule has 1 unspecified atom stereocenters. The first-order valence-electron chi connectivity index (χ1n) is 12.3. The summed E-state index contributed by atoms with van der Waals surface area (Å²) in [4.78, 5) is 32.5. The molecule has 6 nitrogen and oxygen atoms in total. The minimum atomic E-state index is -0.0211. The number of hydrogen-bond donors (Lipinski definition) is 1. The van der Waals surface area contributed by atoms with Crippen molar-refractivity contribution in [3.8, 4) is 0 Å². The van der Waals surface area contributed by atoms with Crippen LogP contribution in [0.25, 0.3) is 0 Å². The topological polar surface area (TPSA) is 55.9 Å². The summed E-state index contributed by atoms with van der Waals surface area (Å²) >= 11 is 18.2. The van der Waals surface area contributed by atoms with Gasteiger partial charge in [-0.25, -0.2) is 0 Å². The van der Waals surface area contributed by atoms with Gasteiger partial charge in [-0.15, -0.1) is 0 Å². The van der Waals surface area contributed by atoms with Gasteiger partial charge in [0.25, 0.3) is 11.8 Å². The maximum absolute atomic E-state index is 13.5. The molecule has 2 saturated heterocycles. The van der Waals surface area contributed by atoms with Crippen molar-refractivity contribution in [1.82, 2.24) is 14.7 Å². The van der Waals surface area contributed by atoms with E-state index < -0.39 is 0 Å². The van der Waals surface area contributed by atoms with Gasteiger partial charge >= 0.3 is 0 Å². The Morgan fingerprint density at radius 1 is 0.703 bits per heavy atom. The number of rotatable bonds is 5. The Labute approximate surface area is 231 Å². The van der Waals surface area contributed by atoms with E-state index in [-0.39, 0.29) is 17.9 Å². The highest BCUT2D eigenvalue weighted by atomic mass is 35.5. The molecular weight excluding hydrogens is 531 g/mol. The number of nitrogens with one attached hydrogen (secondary N) is 1. The first kappa shape index (κ1) is 25.9. The van der Waals surface area contributed by atoms with E-state index in [0.29, 0.717) is 58.1 Å². The molecule has 2 fully saturated rings. The molecule has 2 amide bonds. The van der Waals surface area contributed by atoms with Crippen LogP contribution in [0.3, 0.4) is 0 Å². The van der Waals surface area contributed by atoms with Crippen molar-refractivity contribution in [3.05, 3.63) is 92.9 Å². The second-order valence-corrected chi connectivity index (χ2v) is 10.7. The number of hydrogen-bond acceptors (Lipinski definition) is 4. The minimum Gasteiger partial charge on any atom is -0.355 e. The van der Waals surface area contributed by atoms with Crippen LogP contribution in [0, 0.1) is 0 Å². The molecule has 0 aliphatic carbocycles. The van der Waals surface area contributed by atoms with Crippen LogP contribution in [0.4, 0.5) is 11.4 Å². The average molecular weight is 558 g/mol. The van der Waals surface area contributed by atoms with Crippen molar-refractivity contribution in [2.75, 3.05) is 44.6 Å². The maximum atomic E-state index is 13.5. The molecule has 0 aromatic heterocycles. The quantitative estimate of drug-likeness (QED) is 0.414. The Hall–Kier alpha value is -2.77. The first-order valence-corrected chi connectivity index (χ1v) is 13.4. The van der Waals surface area contributed by atoms with E-state index in [1.54, 1.807) is 54.6 Å². The summed E-state index contributed by atoms with van der Waals surface area (Å²) in [5, 5.41) is 5.12. The highest BCUT2D eigenvalue weighted by Crippen LogP contribution is 2.28. The fraction of sp³-hybridized carbons (Fsp3) is 0.286. The summed E-state index contributed by atoms with van der Waals surface area (Å²) in [6.45, 7) is 4.26. The summed E-state index contributed by atoms with van der Waals surface area (Å²) < 4.78 is 0. The molecule has 192 valence electrons. The number of amides is 2. The molecule has 0 bridgehead atoms. The number of carbonyl (C=O) groups excluding carboxylic acids is 2. The molecule has 9 heteroatoms. The highest BCUT2D eigenvalue weighted by molar-refractivity contribution is 6.31. The lowest BCUT2D eigenvalue weighted by Crippen LogP contribution is -2.52. The number of nitrogens with zero attached hydrogens (tertiary/aromatic N) is 3. The molecule has 2 heterocycles. The minimum absolute atomic E-state index is 0.0211. The Kier molecular flexibility index (Phi) is 7.91. The summed E-state index contributed by atoms with van der Waals surface area (Å²) in [7, 11) is 0. The standard InChI is InChI=1S/C28H27Cl3N4O2/c29-20-3-1-19(2-4-20)27(36)34-15-13-33(14-16-34)24-11-12-35(18-24)28(37)25-10-7-22(31)17-26(25)32-23-8-5-21(30)6-9-23/h1-10,17,24,32H,11-16,18H2. The van der Waals surface area contributed by atoms with Gasteiger partial charge in [0.2, 0.25) is 0 Å². The maximum Gasteiger partial charge on any atom is 0.256 e. The van der Waals surface area contributed by atoms with Crippen LogP contribution < -0.4 is 5.32 Å². The van der Waals surface area contributed by atoms with Crippen LogP contribution in [0.5, 0.6) is 0 Å². The van der Waals surface area contributed by atoms with Gasteiger partial charge < -0.3 is 15.1 Å². The van der Waals surface area contributed by atoms with Crippen molar-refractivity contribution in [2.45, 2.75) is 12.5 Å². The lowest BCUT2D eigenvalue weighted by molar-refractivity contribution is 0.0568. The van der Waals surface area contributed by atoms with E-state index in [1.165, 1.54) is 0 Å². The lowest BCUT2D eigenvalue weighted by Gasteiger charge is -2.38. The molecule has 2 aliphatic heterocycles. The van der Waals surface area contributed by atoms with Crippen molar-refractivity contribution >= 4 is 58.0 Å². The summed E-state index contributed by atoms with van der Waals surface area (Å²) in [5.74, 6) is 0.00943. The molecule has 0 radical (unpaired) electrons. The lowest BCUT2D eigenvalue weighted by atomic mass is 10.1. The second kappa shape index (κ2) is 11.3. The van der Waals surface area contributed by atoms with Crippen molar-refractivity contribution in [2.24, 2.45) is 0 Å². The molecule has 3 aromatic rings. The molecule has 0 spiro atoms. The van der Waals surface area contributed by atoms with Gasteiger partial charge in [-0.1, -0.05) is 34.8 Å².